The van der Waals surface area contributed by atoms with Gasteiger partial charge in [-0.3, -0.25) is 0 Å². The fourth-order valence-electron chi connectivity index (χ4n) is 0. The lowest BCUT2D eigenvalue weighted by atomic mass is 10.4. The number of allylic oxidation sites excluding steroid dienone is 2. The monoisotopic (exact) mass is 128 g/mol. The molecule has 1 N–H and O–H groups in total. The van der Waals surface area contributed by atoms with E-state index in [1.54, 1.807) is 6.08 Å². The SMILES string of the molecule is C=CC(=C)C.CCCO. The maximum absolute atomic E-state index is 7.88. The fourth-order valence-corrected chi connectivity index (χ4v) is 0. The quantitative estimate of drug-likeness (QED) is 0.565. The van der Waals surface area contributed by atoms with Crippen LogP contribution in [0.15, 0.2) is 24.8 Å². The molecule has 0 aliphatic carbocycles. The van der Waals surface area contributed by atoms with Gasteiger partial charge in [-0.25, -0.2) is 0 Å². The minimum atomic E-state index is 0.319. The van der Waals surface area contributed by atoms with Crippen LogP contribution >= 0.6 is 0 Å². The second-order valence-electron chi connectivity index (χ2n) is 1.77. The third kappa shape index (κ3) is 37.0. The van der Waals surface area contributed by atoms with Crippen LogP contribution in [0.3, 0.4) is 0 Å². The Hall–Kier alpha value is -0.560. The Morgan fingerprint density at radius 3 is 1.89 bits per heavy atom. The van der Waals surface area contributed by atoms with Gasteiger partial charge in [-0.2, -0.15) is 0 Å². The van der Waals surface area contributed by atoms with E-state index in [1.807, 2.05) is 13.8 Å². The standard InChI is InChI=1S/C5H8.C3H8O/c1-4-5(2)3;1-2-3-4/h4H,1-2H2,3H3;4H,2-3H2,1H3. The summed E-state index contributed by atoms with van der Waals surface area (Å²) < 4.78 is 0. The Balaban J connectivity index is 0. The molecule has 0 rings (SSSR count). The summed E-state index contributed by atoms with van der Waals surface area (Å²) in [6.07, 6.45) is 2.60. The lowest BCUT2D eigenvalue weighted by molar-refractivity contribution is 0.295. The molecule has 0 heterocycles. The molecule has 1 nitrogen and oxygen atoms in total. The van der Waals surface area contributed by atoms with Crippen molar-refractivity contribution in [1.29, 1.82) is 0 Å². The topological polar surface area (TPSA) is 20.2 Å². The molecule has 0 unspecified atom stereocenters. The van der Waals surface area contributed by atoms with Crippen LogP contribution in [0.4, 0.5) is 0 Å². The highest BCUT2D eigenvalue weighted by atomic mass is 16.2. The Bertz CT molecular complexity index is 72.6. The summed E-state index contributed by atoms with van der Waals surface area (Å²) in [4.78, 5) is 0. The van der Waals surface area contributed by atoms with Crippen molar-refractivity contribution in [2.75, 3.05) is 6.61 Å². The van der Waals surface area contributed by atoms with Crippen LogP contribution in [0.5, 0.6) is 0 Å². The van der Waals surface area contributed by atoms with Gasteiger partial charge in [0.2, 0.25) is 0 Å². The van der Waals surface area contributed by atoms with Crippen molar-refractivity contribution in [2.45, 2.75) is 20.3 Å². The van der Waals surface area contributed by atoms with Gasteiger partial charge in [-0.15, -0.1) is 0 Å². The molecule has 0 spiro atoms. The van der Waals surface area contributed by atoms with Gasteiger partial charge < -0.3 is 5.11 Å². The molecule has 1 heteroatoms. The van der Waals surface area contributed by atoms with Gasteiger partial charge in [0.25, 0.3) is 0 Å². The molecule has 0 saturated heterocycles. The van der Waals surface area contributed by atoms with Crippen LogP contribution in [-0.4, -0.2) is 11.7 Å². The highest BCUT2D eigenvalue weighted by Crippen LogP contribution is 1.81. The van der Waals surface area contributed by atoms with E-state index in [0.717, 1.165) is 12.0 Å². The van der Waals surface area contributed by atoms with E-state index < -0.39 is 0 Å². The highest BCUT2D eigenvalue weighted by Gasteiger charge is 1.59. The average Bonchev–Trinajstić information content (AvgIpc) is 1.89. The van der Waals surface area contributed by atoms with E-state index in [0.29, 0.717) is 6.61 Å². The summed E-state index contributed by atoms with van der Waals surface area (Å²) in [6, 6.07) is 0. The van der Waals surface area contributed by atoms with Crippen molar-refractivity contribution in [1.82, 2.24) is 0 Å². The van der Waals surface area contributed by atoms with Crippen molar-refractivity contribution >= 4 is 0 Å². The first-order valence-corrected chi connectivity index (χ1v) is 3.07. The zero-order valence-electron chi connectivity index (χ0n) is 6.35. The molecule has 0 aromatic carbocycles. The first-order chi connectivity index (χ1) is 4.18. The van der Waals surface area contributed by atoms with Crippen LogP contribution in [0.1, 0.15) is 20.3 Å². The van der Waals surface area contributed by atoms with Crippen LogP contribution in [-0.2, 0) is 0 Å². The molecular weight excluding hydrogens is 112 g/mol. The molecule has 0 atom stereocenters. The van der Waals surface area contributed by atoms with Gasteiger partial charge >= 0.3 is 0 Å². The van der Waals surface area contributed by atoms with Crippen molar-refractivity contribution in [3.05, 3.63) is 24.8 Å². The van der Waals surface area contributed by atoms with Crippen molar-refractivity contribution < 1.29 is 5.11 Å². The fraction of sp³-hybridized carbons (Fsp3) is 0.500. The molecule has 0 amide bonds. The molecule has 0 aliphatic heterocycles. The van der Waals surface area contributed by atoms with Gasteiger partial charge in [-0.1, -0.05) is 31.7 Å². The molecule has 0 aromatic rings. The van der Waals surface area contributed by atoms with E-state index >= 15 is 0 Å². The van der Waals surface area contributed by atoms with E-state index in [9.17, 15) is 0 Å². The summed E-state index contributed by atoms with van der Waals surface area (Å²) in [6.45, 7) is 11.2. The van der Waals surface area contributed by atoms with Crippen LogP contribution in [0.2, 0.25) is 0 Å². The Morgan fingerprint density at radius 2 is 1.89 bits per heavy atom. The second-order valence-corrected chi connectivity index (χ2v) is 1.77. The Kier molecular flexibility index (Phi) is 13.1. The Labute approximate surface area is 57.7 Å². The minimum Gasteiger partial charge on any atom is -0.396 e. The normalized spacial score (nSPS) is 7.00. The smallest absolute Gasteiger partial charge is 0.0428 e. The highest BCUT2D eigenvalue weighted by molar-refractivity contribution is 5.05. The lowest BCUT2D eigenvalue weighted by Crippen LogP contribution is -1.69. The molecule has 0 bridgehead atoms. The molecule has 9 heavy (non-hydrogen) atoms. The zero-order valence-corrected chi connectivity index (χ0v) is 6.35. The number of hydrogen-bond donors (Lipinski definition) is 1. The molecule has 0 aliphatic rings. The molecule has 0 aromatic heterocycles. The largest absolute Gasteiger partial charge is 0.396 e. The lowest BCUT2D eigenvalue weighted by Gasteiger charge is -1.71. The Morgan fingerprint density at radius 1 is 1.67 bits per heavy atom. The number of rotatable bonds is 2. The first-order valence-electron chi connectivity index (χ1n) is 3.07. The van der Waals surface area contributed by atoms with E-state index in [1.165, 1.54) is 0 Å². The van der Waals surface area contributed by atoms with Crippen LogP contribution < -0.4 is 0 Å². The van der Waals surface area contributed by atoms with Crippen molar-refractivity contribution in [3.63, 3.8) is 0 Å². The number of hydrogen-bond acceptors (Lipinski definition) is 1. The maximum Gasteiger partial charge on any atom is 0.0428 e. The van der Waals surface area contributed by atoms with Gasteiger partial charge in [-0.05, 0) is 13.3 Å². The first kappa shape index (κ1) is 11.3. The summed E-state index contributed by atoms with van der Waals surface area (Å²) in [7, 11) is 0. The van der Waals surface area contributed by atoms with Gasteiger partial charge in [0.15, 0.2) is 0 Å². The molecular formula is C8H16O. The summed E-state index contributed by atoms with van der Waals surface area (Å²) in [5.41, 5.74) is 1.02. The summed E-state index contributed by atoms with van der Waals surface area (Å²) in [5.74, 6) is 0. The number of aliphatic hydroxyl groups excluding tert-OH is 1. The summed E-state index contributed by atoms with van der Waals surface area (Å²) in [5, 5.41) is 7.88. The average molecular weight is 128 g/mol. The predicted molar refractivity (Wildman–Crippen MR) is 42.4 cm³/mol. The molecule has 0 saturated carbocycles. The maximum atomic E-state index is 7.88. The third-order valence-corrected chi connectivity index (χ3v) is 0.572. The van der Waals surface area contributed by atoms with Crippen LogP contribution in [0, 0.1) is 0 Å². The third-order valence-electron chi connectivity index (χ3n) is 0.572. The molecule has 0 radical (unpaired) electrons. The van der Waals surface area contributed by atoms with Gasteiger partial charge in [0.1, 0.15) is 0 Å². The zero-order chi connectivity index (χ0) is 7.70. The number of aliphatic hydroxyl groups is 1. The van der Waals surface area contributed by atoms with Crippen LogP contribution in [0.25, 0.3) is 0 Å². The van der Waals surface area contributed by atoms with Crippen molar-refractivity contribution in [3.8, 4) is 0 Å². The minimum absolute atomic E-state index is 0.319. The second kappa shape index (κ2) is 10.4. The van der Waals surface area contributed by atoms with Crippen molar-refractivity contribution in [2.24, 2.45) is 0 Å². The van der Waals surface area contributed by atoms with E-state index in [2.05, 4.69) is 13.2 Å². The molecule has 0 fully saturated rings. The van der Waals surface area contributed by atoms with E-state index in [4.69, 9.17) is 5.11 Å². The van der Waals surface area contributed by atoms with E-state index in [-0.39, 0.29) is 0 Å². The summed E-state index contributed by atoms with van der Waals surface area (Å²) >= 11 is 0. The predicted octanol–water partition coefficient (Wildman–Crippen LogP) is 2.14. The van der Waals surface area contributed by atoms with Gasteiger partial charge in [0.05, 0.1) is 0 Å². The van der Waals surface area contributed by atoms with Gasteiger partial charge in [0, 0.05) is 6.61 Å². The molecule has 54 valence electrons.